The van der Waals surface area contributed by atoms with Crippen LogP contribution in [0, 0.1) is 0 Å². The number of para-hydroxylation sites is 1. The highest BCUT2D eigenvalue weighted by Gasteiger charge is 2.49. The molecule has 1 amide bonds. The van der Waals surface area contributed by atoms with Crippen LogP contribution in [0.2, 0.25) is 0 Å². The number of anilines is 1. The van der Waals surface area contributed by atoms with Crippen LogP contribution in [0.5, 0.6) is 0 Å². The fourth-order valence-corrected chi connectivity index (χ4v) is 4.99. The van der Waals surface area contributed by atoms with Crippen LogP contribution in [0.4, 0.5) is 5.69 Å². The van der Waals surface area contributed by atoms with E-state index in [0.717, 1.165) is 42.5 Å². The zero-order valence-corrected chi connectivity index (χ0v) is 18.6. The van der Waals surface area contributed by atoms with Crippen LogP contribution in [0.25, 0.3) is 0 Å². The number of hydrogen-bond donors (Lipinski definition) is 1. The largest absolute Gasteiger partial charge is 0.371 e. The first kappa shape index (κ1) is 21.4. The monoisotopic (exact) mass is 440 g/mol. The van der Waals surface area contributed by atoms with Crippen LogP contribution >= 0.6 is 0 Å². The Labute approximate surface area is 194 Å². The third kappa shape index (κ3) is 4.29. The highest BCUT2D eigenvalue weighted by molar-refractivity contribution is 5.98. The lowest BCUT2D eigenvalue weighted by Crippen LogP contribution is -2.51. The molecule has 1 aliphatic heterocycles. The number of hydrogen-bond acceptors (Lipinski definition) is 4. The van der Waals surface area contributed by atoms with Gasteiger partial charge in [-0.15, -0.1) is 0 Å². The average molecular weight is 441 g/mol. The second-order valence-corrected chi connectivity index (χ2v) is 8.90. The van der Waals surface area contributed by atoms with Gasteiger partial charge in [0.25, 0.3) is 5.91 Å². The third-order valence-electron chi connectivity index (χ3n) is 6.73. The van der Waals surface area contributed by atoms with E-state index in [-0.39, 0.29) is 24.7 Å². The fourth-order valence-electron chi connectivity index (χ4n) is 4.99. The summed E-state index contributed by atoms with van der Waals surface area (Å²) in [7, 11) is 0. The minimum Gasteiger partial charge on any atom is -0.371 e. The number of hydroxylamine groups is 2. The van der Waals surface area contributed by atoms with Crippen molar-refractivity contribution >= 4 is 17.4 Å². The smallest absolute Gasteiger partial charge is 0.272 e. The molecule has 1 aliphatic carbocycles. The first-order chi connectivity index (χ1) is 16.2. The molecule has 0 bridgehead atoms. The van der Waals surface area contributed by atoms with Gasteiger partial charge in [-0.05, 0) is 24.5 Å². The molecule has 1 atom stereocenters. The van der Waals surface area contributed by atoms with Gasteiger partial charge in [0, 0.05) is 23.2 Å². The number of carbonyl (C=O) groups excluding carboxylic acids is 2. The van der Waals surface area contributed by atoms with Crippen LogP contribution in [-0.2, 0) is 16.2 Å². The quantitative estimate of drug-likeness (QED) is 0.500. The molecule has 1 spiro atoms. The van der Waals surface area contributed by atoms with Gasteiger partial charge in [0.05, 0.1) is 6.04 Å². The molecule has 168 valence electrons. The average Bonchev–Trinajstić information content (AvgIpc) is 3.31. The van der Waals surface area contributed by atoms with Gasteiger partial charge in [0.15, 0.2) is 5.78 Å². The number of nitrogens with zero attached hydrogens (tertiary/aromatic N) is 1. The molecule has 3 aromatic rings. The molecule has 1 heterocycles. The van der Waals surface area contributed by atoms with E-state index in [0.29, 0.717) is 5.56 Å². The predicted octanol–water partition coefficient (Wildman–Crippen LogP) is 5.70. The van der Waals surface area contributed by atoms with E-state index in [4.69, 9.17) is 4.84 Å². The maximum atomic E-state index is 14.0. The number of nitrogens with one attached hydrogen (secondary N) is 1. The summed E-state index contributed by atoms with van der Waals surface area (Å²) < 4.78 is 0. The number of rotatable bonds is 6. The molecule has 5 heteroatoms. The Bertz CT molecular complexity index is 1120. The third-order valence-corrected chi connectivity index (χ3v) is 6.73. The van der Waals surface area contributed by atoms with Crippen molar-refractivity contribution in [1.29, 1.82) is 0 Å². The van der Waals surface area contributed by atoms with Crippen molar-refractivity contribution in [2.75, 3.05) is 5.32 Å². The summed E-state index contributed by atoms with van der Waals surface area (Å²) in [5, 5.41) is 5.07. The summed E-state index contributed by atoms with van der Waals surface area (Å²) >= 11 is 0. The Hall–Kier alpha value is -3.44. The van der Waals surface area contributed by atoms with Gasteiger partial charge in [-0.25, -0.2) is 5.06 Å². The Morgan fingerprint density at radius 2 is 1.55 bits per heavy atom. The second-order valence-electron chi connectivity index (χ2n) is 8.90. The first-order valence-electron chi connectivity index (χ1n) is 11.6. The van der Waals surface area contributed by atoms with Crippen molar-refractivity contribution in [3.8, 4) is 0 Å². The lowest BCUT2D eigenvalue weighted by Gasteiger charge is -2.34. The summed E-state index contributed by atoms with van der Waals surface area (Å²) in [6, 6.07) is 26.5. The van der Waals surface area contributed by atoms with Crippen molar-refractivity contribution in [3.05, 3.63) is 102 Å². The highest BCUT2D eigenvalue weighted by atomic mass is 16.7. The van der Waals surface area contributed by atoms with E-state index in [2.05, 4.69) is 5.32 Å². The van der Waals surface area contributed by atoms with Crippen molar-refractivity contribution in [2.24, 2.45) is 0 Å². The topological polar surface area (TPSA) is 58.6 Å². The Morgan fingerprint density at radius 1 is 0.909 bits per heavy atom. The molecule has 5 rings (SSSR count). The van der Waals surface area contributed by atoms with Crippen LogP contribution in [-0.4, -0.2) is 22.3 Å². The minimum atomic E-state index is -0.697. The van der Waals surface area contributed by atoms with Crippen molar-refractivity contribution in [1.82, 2.24) is 5.06 Å². The van der Waals surface area contributed by atoms with Gasteiger partial charge in [-0.1, -0.05) is 91.7 Å². The SMILES string of the molecule is O=C(CC1c2ccccc2NC2(CCCC2)C(=O)N1OCc1ccccc1)c1ccccc1. The maximum Gasteiger partial charge on any atom is 0.272 e. The van der Waals surface area contributed by atoms with E-state index in [1.54, 1.807) is 0 Å². The van der Waals surface area contributed by atoms with Crippen molar-refractivity contribution in [3.63, 3.8) is 0 Å². The number of ketones is 1. The molecule has 0 aromatic heterocycles. The van der Waals surface area contributed by atoms with Gasteiger partial charge in [0.1, 0.15) is 12.1 Å². The Kier molecular flexibility index (Phi) is 5.97. The van der Waals surface area contributed by atoms with E-state index in [1.807, 2.05) is 84.9 Å². The van der Waals surface area contributed by atoms with Crippen LogP contribution in [0.15, 0.2) is 84.9 Å². The first-order valence-corrected chi connectivity index (χ1v) is 11.6. The molecule has 1 saturated carbocycles. The van der Waals surface area contributed by atoms with Crippen LogP contribution in [0.1, 0.15) is 59.6 Å². The molecule has 3 aromatic carbocycles. The molecule has 1 fully saturated rings. The number of amides is 1. The normalized spacial score (nSPS) is 19.1. The molecular formula is C28H28N2O3. The standard InChI is InChI=1S/C28H28N2O3/c31-26(22-13-5-2-6-14-22)19-25-23-15-7-8-16-24(23)29-28(17-9-10-18-28)27(32)30(25)33-20-21-11-3-1-4-12-21/h1-8,11-16,25,29H,9-10,17-20H2. The van der Waals surface area contributed by atoms with Gasteiger partial charge in [0.2, 0.25) is 0 Å². The van der Waals surface area contributed by atoms with E-state index >= 15 is 0 Å². The van der Waals surface area contributed by atoms with Gasteiger partial charge < -0.3 is 5.32 Å². The van der Waals surface area contributed by atoms with Crippen molar-refractivity contribution in [2.45, 2.75) is 50.3 Å². The summed E-state index contributed by atoms with van der Waals surface area (Å²) in [5.41, 5.74) is 2.73. The second kappa shape index (κ2) is 9.20. The summed E-state index contributed by atoms with van der Waals surface area (Å²) in [5.74, 6) is -0.100. The van der Waals surface area contributed by atoms with E-state index in [9.17, 15) is 9.59 Å². The minimum absolute atomic E-state index is 0.0149. The van der Waals surface area contributed by atoms with E-state index in [1.165, 1.54) is 5.06 Å². The molecule has 0 radical (unpaired) electrons. The van der Waals surface area contributed by atoms with Gasteiger partial charge in [-0.2, -0.15) is 0 Å². The number of carbonyl (C=O) groups is 2. The lowest BCUT2D eigenvalue weighted by molar-refractivity contribution is -0.210. The molecular weight excluding hydrogens is 412 g/mol. The predicted molar refractivity (Wildman–Crippen MR) is 127 cm³/mol. The molecule has 1 unspecified atom stereocenters. The Balaban J connectivity index is 1.54. The Morgan fingerprint density at radius 3 is 2.27 bits per heavy atom. The maximum absolute atomic E-state index is 14.0. The lowest BCUT2D eigenvalue weighted by atomic mass is 9.95. The highest BCUT2D eigenvalue weighted by Crippen LogP contribution is 2.43. The van der Waals surface area contributed by atoms with Crippen LogP contribution in [0.3, 0.4) is 0 Å². The molecule has 33 heavy (non-hydrogen) atoms. The van der Waals surface area contributed by atoms with Gasteiger partial charge >= 0.3 is 0 Å². The molecule has 2 aliphatic rings. The zero-order chi connectivity index (χ0) is 22.7. The number of benzene rings is 3. The van der Waals surface area contributed by atoms with Crippen molar-refractivity contribution < 1.29 is 14.4 Å². The fraction of sp³-hybridized carbons (Fsp3) is 0.286. The zero-order valence-electron chi connectivity index (χ0n) is 18.6. The molecule has 5 nitrogen and oxygen atoms in total. The number of Topliss-reactive ketones (excluding diaryl/α,β-unsaturated/α-hetero) is 1. The number of fused-ring (bicyclic) bond motifs is 1. The molecule has 1 N–H and O–H groups in total. The van der Waals surface area contributed by atoms with Gasteiger partial charge in [-0.3, -0.25) is 14.4 Å². The summed E-state index contributed by atoms with van der Waals surface area (Å²) in [4.78, 5) is 33.5. The van der Waals surface area contributed by atoms with E-state index < -0.39 is 11.6 Å². The molecule has 0 saturated heterocycles. The summed E-state index contributed by atoms with van der Waals surface area (Å²) in [6.07, 6.45) is 3.64. The van der Waals surface area contributed by atoms with Crippen LogP contribution < -0.4 is 5.32 Å². The summed E-state index contributed by atoms with van der Waals surface area (Å²) in [6.45, 7) is 0.265.